The number of carbonyl (C=O) groups is 2. The summed E-state index contributed by atoms with van der Waals surface area (Å²) in [5, 5.41) is 2.78. The summed E-state index contributed by atoms with van der Waals surface area (Å²) < 4.78 is 11.1. The zero-order valence-corrected chi connectivity index (χ0v) is 16.7. The summed E-state index contributed by atoms with van der Waals surface area (Å²) in [6, 6.07) is 8.94. The van der Waals surface area contributed by atoms with E-state index in [2.05, 4.69) is 5.32 Å². The number of furan rings is 1. The first-order chi connectivity index (χ1) is 13.3. The van der Waals surface area contributed by atoms with Crippen molar-refractivity contribution in [2.24, 2.45) is 0 Å². The van der Waals surface area contributed by atoms with Crippen LogP contribution in [0.5, 0.6) is 0 Å². The Balaban J connectivity index is 1.86. The lowest BCUT2D eigenvalue weighted by atomic mass is 10.1. The summed E-state index contributed by atoms with van der Waals surface area (Å²) in [6.45, 7) is 8.74. The maximum atomic E-state index is 13.1. The van der Waals surface area contributed by atoms with Crippen molar-refractivity contribution in [2.75, 3.05) is 13.1 Å². The van der Waals surface area contributed by atoms with Crippen LogP contribution in [0.1, 0.15) is 41.1 Å². The number of rotatable bonds is 4. The van der Waals surface area contributed by atoms with Gasteiger partial charge in [-0.1, -0.05) is 6.07 Å². The second kappa shape index (κ2) is 8.44. The summed E-state index contributed by atoms with van der Waals surface area (Å²) in [6.07, 6.45) is 2.96. The molecule has 0 radical (unpaired) electrons. The SMILES string of the molecule is Cc1ccc(C(=O)N/C(=C\c2ccco2)C(=O)N2C[C@@H](C)O[C@H](C)C2)cc1C. The van der Waals surface area contributed by atoms with E-state index >= 15 is 0 Å². The lowest BCUT2D eigenvalue weighted by Gasteiger charge is -2.35. The van der Waals surface area contributed by atoms with Gasteiger partial charge in [0, 0.05) is 24.7 Å². The molecule has 0 bridgehead atoms. The Morgan fingerprint density at radius 2 is 1.82 bits per heavy atom. The van der Waals surface area contributed by atoms with Gasteiger partial charge in [0.15, 0.2) is 0 Å². The quantitative estimate of drug-likeness (QED) is 0.824. The van der Waals surface area contributed by atoms with Gasteiger partial charge < -0.3 is 19.4 Å². The van der Waals surface area contributed by atoms with E-state index in [9.17, 15) is 9.59 Å². The van der Waals surface area contributed by atoms with E-state index in [4.69, 9.17) is 9.15 Å². The fourth-order valence-corrected chi connectivity index (χ4v) is 3.26. The molecule has 1 aliphatic heterocycles. The van der Waals surface area contributed by atoms with Gasteiger partial charge in [-0.2, -0.15) is 0 Å². The highest BCUT2D eigenvalue weighted by Gasteiger charge is 2.28. The molecule has 2 heterocycles. The number of carbonyl (C=O) groups excluding carboxylic acids is 2. The number of aryl methyl sites for hydroxylation is 2. The van der Waals surface area contributed by atoms with Gasteiger partial charge in [-0.05, 0) is 63.1 Å². The molecule has 2 amide bonds. The lowest BCUT2D eigenvalue weighted by Crippen LogP contribution is -2.50. The Kier molecular flexibility index (Phi) is 5.99. The molecule has 2 aromatic rings. The highest BCUT2D eigenvalue weighted by atomic mass is 16.5. The molecule has 0 saturated carbocycles. The normalized spacial score (nSPS) is 20.1. The predicted octanol–water partition coefficient (Wildman–Crippen LogP) is 3.30. The number of morpholine rings is 1. The smallest absolute Gasteiger partial charge is 0.270 e. The Morgan fingerprint density at radius 3 is 2.43 bits per heavy atom. The standard InChI is InChI=1S/C22H26N2O4/c1-14-7-8-18(10-15(14)2)21(25)23-20(11-19-6-5-9-27-19)22(26)24-12-16(3)28-17(4)13-24/h5-11,16-17H,12-13H2,1-4H3,(H,23,25)/b20-11-/t16-,17-/m1/s1. The number of benzene rings is 1. The van der Waals surface area contributed by atoms with Crippen LogP contribution < -0.4 is 5.32 Å². The van der Waals surface area contributed by atoms with Gasteiger partial charge in [0.05, 0.1) is 18.5 Å². The van der Waals surface area contributed by atoms with Crippen molar-refractivity contribution in [3.8, 4) is 0 Å². The molecular weight excluding hydrogens is 356 g/mol. The molecule has 0 unspecified atom stereocenters. The number of nitrogens with one attached hydrogen (secondary N) is 1. The number of ether oxygens (including phenoxy) is 1. The van der Waals surface area contributed by atoms with Crippen LogP contribution >= 0.6 is 0 Å². The number of nitrogens with zero attached hydrogens (tertiary/aromatic N) is 1. The van der Waals surface area contributed by atoms with Gasteiger partial charge >= 0.3 is 0 Å². The summed E-state index contributed by atoms with van der Waals surface area (Å²) in [4.78, 5) is 27.6. The molecule has 1 fully saturated rings. The van der Waals surface area contributed by atoms with E-state index in [0.29, 0.717) is 24.4 Å². The maximum absolute atomic E-state index is 13.1. The van der Waals surface area contributed by atoms with E-state index in [-0.39, 0.29) is 29.7 Å². The third-order valence-electron chi connectivity index (χ3n) is 4.78. The molecular formula is C22H26N2O4. The topological polar surface area (TPSA) is 71.8 Å². The molecule has 1 aromatic carbocycles. The van der Waals surface area contributed by atoms with Crippen LogP contribution in [-0.4, -0.2) is 42.0 Å². The van der Waals surface area contributed by atoms with Crippen molar-refractivity contribution >= 4 is 17.9 Å². The van der Waals surface area contributed by atoms with E-state index in [1.54, 1.807) is 29.2 Å². The minimum Gasteiger partial charge on any atom is -0.465 e. The monoisotopic (exact) mass is 382 g/mol. The van der Waals surface area contributed by atoms with Gasteiger partial charge in [-0.3, -0.25) is 9.59 Å². The van der Waals surface area contributed by atoms with E-state index in [0.717, 1.165) is 11.1 Å². The molecule has 2 atom stereocenters. The van der Waals surface area contributed by atoms with Gasteiger partial charge in [-0.25, -0.2) is 0 Å². The highest BCUT2D eigenvalue weighted by Crippen LogP contribution is 2.16. The van der Waals surface area contributed by atoms with Crippen LogP contribution in [0.15, 0.2) is 46.7 Å². The molecule has 6 heteroatoms. The fraction of sp³-hybridized carbons (Fsp3) is 0.364. The molecule has 1 saturated heterocycles. The van der Waals surface area contributed by atoms with Crippen molar-refractivity contribution < 1.29 is 18.7 Å². The maximum Gasteiger partial charge on any atom is 0.270 e. The number of amides is 2. The Hall–Kier alpha value is -2.86. The van der Waals surface area contributed by atoms with E-state index < -0.39 is 0 Å². The van der Waals surface area contributed by atoms with E-state index in [1.807, 2.05) is 39.8 Å². The van der Waals surface area contributed by atoms with Gasteiger partial charge in [0.25, 0.3) is 11.8 Å². The Bertz CT molecular complexity index is 876. The molecule has 1 aliphatic rings. The number of hydrogen-bond acceptors (Lipinski definition) is 4. The number of hydrogen-bond donors (Lipinski definition) is 1. The second-order valence-corrected chi connectivity index (χ2v) is 7.29. The molecule has 1 N–H and O–H groups in total. The summed E-state index contributed by atoms with van der Waals surface area (Å²) in [7, 11) is 0. The fourth-order valence-electron chi connectivity index (χ4n) is 3.26. The van der Waals surface area contributed by atoms with Crippen LogP contribution in [0, 0.1) is 13.8 Å². The minimum atomic E-state index is -0.330. The zero-order chi connectivity index (χ0) is 20.3. The van der Waals surface area contributed by atoms with E-state index in [1.165, 1.54) is 6.26 Å². The summed E-state index contributed by atoms with van der Waals surface area (Å²) in [5.41, 5.74) is 2.81. The third-order valence-corrected chi connectivity index (χ3v) is 4.78. The average Bonchev–Trinajstić information content (AvgIpc) is 3.15. The molecule has 0 spiro atoms. The van der Waals surface area contributed by atoms with Crippen molar-refractivity contribution in [1.29, 1.82) is 0 Å². The Labute approximate surface area is 165 Å². The minimum absolute atomic E-state index is 0.0620. The van der Waals surface area contributed by atoms with Crippen molar-refractivity contribution in [1.82, 2.24) is 10.2 Å². The largest absolute Gasteiger partial charge is 0.465 e. The first-order valence-electron chi connectivity index (χ1n) is 9.42. The van der Waals surface area contributed by atoms with Crippen molar-refractivity contribution in [2.45, 2.75) is 39.9 Å². The average molecular weight is 382 g/mol. The van der Waals surface area contributed by atoms with Crippen LogP contribution in [0.3, 0.4) is 0 Å². The first kappa shape index (κ1) is 19.9. The van der Waals surface area contributed by atoms with Crippen LogP contribution in [0.2, 0.25) is 0 Å². The molecule has 1 aromatic heterocycles. The van der Waals surface area contributed by atoms with Crippen LogP contribution in [0.25, 0.3) is 6.08 Å². The third kappa shape index (κ3) is 4.70. The molecule has 6 nitrogen and oxygen atoms in total. The van der Waals surface area contributed by atoms with Crippen LogP contribution in [-0.2, 0) is 9.53 Å². The molecule has 0 aliphatic carbocycles. The summed E-state index contributed by atoms with van der Waals surface area (Å²) in [5.74, 6) is -0.0858. The van der Waals surface area contributed by atoms with Gasteiger partial charge in [0.1, 0.15) is 11.5 Å². The van der Waals surface area contributed by atoms with Gasteiger partial charge in [-0.15, -0.1) is 0 Å². The molecule has 28 heavy (non-hydrogen) atoms. The molecule has 3 rings (SSSR count). The predicted molar refractivity (Wildman–Crippen MR) is 107 cm³/mol. The lowest BCUT2D eigenvalue weighted by molar-refractivity contribution is -0.139. The first-order valence-corrected chi connectivity index (χ1v) is 9.42. The second-order valence-electron chi connectivity index (χ2n) is 7.29. The van der Waals surface area contributed by atoms with Crippen molar-refractivity contribution in [3.63, 3.8) is 0 Å². The van der Waals surface area contributed by atoms with Crippen molar-refractivity contribution in [3.05, 3.63) is 64.7 Å². The molecule has 148 valence electrons. The summed E-state index contributed by atoms with van der Waals surface area (Å²) >= 11 is 0. The van der Waals surface area contributed by atoms with Gasteiger partial charge in [0.2, 0.25) is 0 Å². The Morgan fingerprint density at radius 1 is 1.11 bits per heavy atom. The zero-order valence-electron chi connectivity index (χ0n) is 16.7. The highest BCUT2D eigenvalue weighted by molar-refractivity contribution is 6.05. The van der Waals surface area contributed by atoms with Crippen LogP contribution in [0.4, 0.5) is 0 Å².